The number of nitrogens with zero attached hydrogens (tertiary/aromatic N) is 3. The molecule has 3 aromatic heterocycles. The maximum Gasteiger partial charge on any atom is 0.189 e. The topological polar surface area (TPSA) is 39.9 Å². The van der Waals surface area contributed by atoms with Crippen molar-refractivity contribution < 1.29 is 9.13 Å². The Bertz CT molecular complexity index is 2730. The van der Waals surface area contributed by atoms with E-state index in [4.69, 9.17) is 9.72 Å². The van der Waals surface area contributed by atoms with Crippen LogP contribution in [0.2, 0.25) is 0 Å². The Morgan fingerprint density at radius 1 is 0.547 bits per heavy atom. The van der Waals surface area contributed by atoms with Gasteiger partial charge in [-0.05, 0) is 81.3 Å². The Morgan fingerprint density at radius 2 is 1.25 bits per heavy atom. The minimum absolute atomic E-state index is 0.570. The molecule has 0 fully saturated rings. The number of halogens is 1. The summed E-state index contributed by atoms with van der Waals surface area (Å²) in [7, 11) is -3.01. The Kier molecular flexibility index (Phi) is 7.37. The lowest BCUT2D eigenvalue weighted by atomic mass is 9.98. The molecule has 0 radical (unpaired) electrons. The van der Waals surface area contributed by atoms with Crippen LogP contribution in [0, 0.1) is 0 Å². The molecule has 252 valence electrons. The molecule has 1 atom stereocenters. The van der Waals surface area contributed by atoms with Crippen LogP contribution in [-0.4, -0.2) is 22.6 Å². The highest BCUT2D eigenvalue weighted by molar-refractivity contribution is 7.21. The molecule has 0 bridgehead atoms. The standard InChI is InChI=1S/C47H32FN3OSi/c48-46(33-15-13-14-32(30-33)38-20-9-11-28-49-38)34-24-25-37-40(31-34)51(44-23-10-12-29-50-44)39-26-27-42-47(45(37)39)53(35-16-3-1-4-17-35,36-18-5-2-6-19-36)43-22-8-7-21-41(43)52-42/h1-31,46H. The van der Waals surface area contributed by atoms with Crippen molar-refractivity contribution in [3.63, 3.8) is 0 Å². The lowest BCUT2D eigenvalue weighted by Crippen LogP contribution is -2.76. The van der Waals surface area contributed by atoms with Gasteiger partial charge in [0.25, 0.3) is 0 Å². The predicted molar refractivity (Wildman–Crippen MR) is 215 cm³/mol. The van der Waals surface area contributed by atoms with Gasteiger partial charge in [0.1, 0.15) is 17.3 Å². The highest BCUT2D eigenvalue weighted by Gasteiger charge is 2.49. The van der Waals surface area contributed by atoms with Crippen molar-refractivity contribution >= 4 is 50.6 Å². The number of pyridine rings is 2. The number of hydrogen-bond donors (Lipinski definition) is 0. The Labute approximate surface area is 307 Å². The smallest absolute Gasteiger partial charge is 0.189 e. The van der Waals surface area contributed by atoms with Gasteiger partial charge >= 0.3 is 0 Å². The highest BCUT2D eigenvalue weighted by atomic mass is 28.3. The number of benzene rings is 6. The van der Waals surface area contributed by atoms with Crippen LogP contribution < -0.4 is 25.5 Å². The van der Waals surface area contributed by atoms with Crippen molar-refractivity contribution in [3.8, 4) is 28.6 Å². The summed E-state index contributed by atoms with van der Waals surface area (Å²) in [6.45, 7) is 0. The van der Waals surface area contributed by atoms with Gasteiger partial charge in [-0.3, -0.25) is 9.55 Å². The first kappa shape index (κ1) is 31.1. The van der Waals surface area contributed by atoms with Crippen LogP contribution >= 0.6 is 0 Å². The van der Waals surface area contributed by atoms with Crippen LogP contribution in [0.15, 0.2) is 188 Å². The van der Waals surface area contributed by atoms with Gasteiger partial charge in [-0.2, -0.15) is 0 Å². The summed E-state index contributed by atoms with van der Waals surface area (Å²) < 4.78 is 25.9. The minimum Gasteiger partial charge on any atom is -0.458 e. The number of hydrogen-bond acceptors (Lipinski definition) is 3. The first-order valence-electron chi connectivity index (χ1n) is 17.8. The van der Waals surface area contributed by atoms with E-state index in [0.717, 1.165) is 50.4 Å². The molecule has 0 saturated carbocycles. The molecule has 0 aliphatic carbocycles. The van der Waals surface area contributed by atoms with E-state index in [1.165, 1.54) is 20.7 Å². The number of fused-ring (bicyclic) bond motifs is 6. The van der Waals surface area contributed by atoms with E-state index in [1.807, 2.05) is 85.1 Å². The van der Waals surface area contributed by atoms with Gasteiger partial charge in [0.2, 0.25) is 0 Å². The van der Waals surface area contributed by atoms with Crippen molar-refractivity contribution in [2.75, 3.05) is 0 Å². The second-order valence-corrected chi connectivity index (χ2v) is 17.1. The fraction of sp³-hybridized carbons (Fsp3) is 0.0213. The number of ether oxygens (including phenoxy) is 1. The maximum atomic E-state index is 16.8. The molecule has 4 nitrogen and oxygen atoms in total. The van der Waals surface area contributed by atoms with Crippen LogP contribution in [0.1, 0.15) is 17.3 Å². The third-order valence-electron chi connectivity index (χ3n) is 10.5. The average Bonchev–Trinajstić information content (AvgIpc) is 3.57. The van der Waals surface area contributed by atoms with Gasteiger partial charge < -0.3 is 4.74 Å². The first-order valence-corrected chi connectivity index (χ1v) is 19.8. The summed E-state index contributed by atoms with van der Waals surface area (Å²) in [6.07, 6.45) is 2.21. The molecule has 6 heteroatoms. The van der Waals surface area contributed by atoms with Gasteiger partial charge in [0.05, 0.1) is 16.7 Å². The zero-order valence-electron chi connectivity index (χ0n) is 28.6. The van der Waals surface area contributed by atoms with E-state index in [-0.39, 0.29) is 0 Å². The van der Waals surface area contributed by atoms with E-state index in [2.05, 4.69) is 107 Å². The molecule has 0 saturated heterocycles. The minimum atomic E-state index is -3.01. The van der Waals surface area contributed by atoms with Crippen molar-refractivity contribution in [2.45, 2.75) is 6.17 Å². The van der Waals surface area contributed by atoms with Crippen LogP contribution in [0.25, 0.3) is 38.9 Å². The normalized spacial score (nSPS) is 13.6. The van der Waals surface area contributed by atoms with E-state index < -0.39 is 14.2 Å². The molecule has 53 heavy (non-hydrogen) atoms. The zero-order chi connectivity index (χ0) is 35.4. The molecule has 1 unspecified atom stereocenters. The molecule has 0 spiro atoms. The summed E-state index contributed by atoms with van der Waals surface area (Å²) in [5.41, 5.74) is 4.72. The summed E-state index contributed by atoms with van der Waals surface area (Å²) in [6, 6.07) is 59.9. The summed E-state index contributed by atoms with van der Waals surface area (Å²) in [5.74, 6) is 2.48. The molecule has 10 rings (SSSR count). The van der Waals surface area contributed by atoms with E-state index in [1.54, 1.807) is 6.20 Å². The molecular formula is C47H32FN3OSi. The third-order valence-corrected chi connectivity index (χ3v) is 15.4. The average molecular weight is 702 g/mol. The largest absolute Gasteiger partial charge is 0.458 e. The summed E-state index contributed by atoms with van der Waals surface area (Å²) >= 11 is 0. The fourth-order valence-corrected chi connectivity index (χ4v) is 13.5. The molecule has 4 heterocycles. The van der Waals surface area contributed by atoms with Crippen molar-refractivity contribution in [2.24, 2.45) is 0 Å². The monoisotopic (exact) mass is 701 g/mol. The number of rotatable bonds is 6. The van der Waals surface area contributed by atoms with E-state index >= 15 is 4.39 Å². The summed E-state index contributed by atoms with van der Waals surface area (Å²) in [5, 5.41) is 7.02. The molecule has 6 aromatic carbocycles. The van der Waals surface area contributed by atoms with Crippen LogP contribution in [0.5, 0.6) is 11.5 Å². The molecule has 0 N–H and O–H groups in total. The first-order chi connectivity index (χ1) is 26.2. The molecule has 0 amide bonds. The second-order valence-electron chi connectivity index (χ2n) is 13.4. The number of aromatic nitrogens is 3. The lowest BCUT2D eigenvalue weighted by Gasteiger charge is -2.40. The lowest BCUT2D eigenvalue weighted by molar-refractivity contribution is 0.402. The maximum absolute atomic E-state index is 16.8. The van der Waals surface area contributed by atoms with Gasteiger partial charge in [0, 0.05) is 33.9 Å². The van der Waals surface area contributed by atoms with E-state index in [9.17, 15) is 0 Å². The quantitative estimate of drug-likeness (QED) is 0.163. The van der Waals surface area contributed by atoms with Crippen LogP contribution in [-0.2, 0) is 0 Å². The zero-order valence-corrected chi connectivity index (χ0v) is 29.6. The predicted octanol–water partition coefficient (Wildman–Crippen LogP) is 8.78. The van der Waals surface area contributed by atoms with Crippen molar-refractivity contribution in [1.82, 2.24) is 14.5 Å². The summed E-state index contributed by atoms with van der Waals surface area (Å²) in [4.78, 5) is 9.34. The Morgan fingerprint density at radius 3 is 1.98 bits per heavy atom. The number of para-hydroxylation sites is 1. The third kappa shape index (κ3) is 4.87. The van der Waals surface area contributed by atoms with Gasteiger partial charge in [-0.25, -0.2) is 9.37 Å². The Hall–Kier alpha value is -6.63. The highest BCUT2D eigenvalue weighted by Crippen LogP contribution is 2.40. The van der Waals surface area contributed by atoms with Crippen molar-refractivity contribution in [3.05, 3.63) is 199 Å². The molecule has 1 aliphatic rings. The van der Waals surface area contributed by atoms with Gasteiger partial charge in [-0.1, -0.05) is 121 Å². The second kappa shape index (κ2) is 12.5. The molecule has 9 aromatic rings. The molecular weight excluding hydrogens is 670 g/mol. The fourth-order valence-electron chi connectivity index (χ4n) is 8.30. The van der Waals surface area contributed by atoms with Crippen LogP contribution in [0.3, 0.4) is 0 Å². The Balaban J connectivity index is 1.28. The SMILES string of the molecule is FC(c1cccc(-c2ccccn2)c1)c1ccc2c3c4c(ccc3n(-c3ccccn3)c2c1)Oc1ccccc1[Si]4(c1ccccc1)c1ccccc1. The van der Waals surface area contributed by atoms with Crippen LogP contribution in [0.4, 0.5) is 4.39 Å². The van der Waals surface area contributed by atoms with E-state index in [0.29, 0.717) is 11.1 Å². The van der Waals surface area contributed by atoms with Crippen molar-refractivity contribution in [1.29, 1.82) is 0 Å². The molecule has 1 aliphatic heterocycles. The van der Waals surface area contributed by atoms with Gasteiger partial charge in [-0.15, -0.1) is 0 Å². The van der Waals surface area contributed by atoms with Gasteiger partial charge in [0.15, 0.2) is 14.2 Å². The number of alkyl halides is 1.